The number of benzene rings is 3. The van der Waals surface area contributed by atoms with E-state index in [1.165, 1.54) is 0 Å². The van der Waals surface area contributed by atoms with Crippen molar-refractivity contribution in [3.63, 3.8) is 0 Å². The summed E-state index contributed by atoms with van der Waals surface area (Å²) < 4.78 is 0. The van der Waals surface area contributed by atoms with Crippen molar-refractivity contribution in [2.75, 3.05) is 5.32 Å². The lowest BCUT2D eigenvalue weighted by atomic mass is 9.97. The lowest BCUT2D eigenvalue weighted by Crippen LogP contribution is -2.13. The quantitative estimate of drug-likeness (QED) is 0.335. The molecule has 27 heavy (non-hydrogen) atoms. The van der Waals surface area contributed by atoms with E-state index in [2.05, 4.69) is 50.1 Å². The topological polar surface area (TPSA) is 24.4 Å². The molecule has 0 aliphatic heterocycles. The van der Waals surface area contributed by atoms with Crippen molar-refractivity contribution in [3.05, 3.63) is 96.1 Å². The Morgan fingerprint density at radius 2 is 1.37 bits per heavy atom. The third-order valence-electron chi connectivity index (χ3n) is 3.79. The van der Waals surface area contributed by atoms with Gasteiger partial charge in [0.15, 0.2) is 0 Å². The molecule has 134 valence electrons. The molecule has 2 heteroatoms. The van der Waals surface area contributed by atoms with Gasteiger partial charge >= 0.3 is 0 Å². The third-order valence-corrected chi connectivity index (χ3v) is 3.79. The van der Waals surface area contributed by atoms with E-state index in [4.69, 9.17) is 4.99 Å². The number of hydrogen-bond acceptors (Lipinski definition) is 1. The van der Waals surface area contributed by atoms with E-state index in [9.17, 15) is 0 Å². The summed E-state index contributed by atoms with van der Waals surface area (Å²) in [5.74, 6) is 7.39. The Kier molecular flexibility index (Phi) is 5.74. The van der Waals surface area contributed by atoms with Gasteiger partial charge in [-0.05, 0) is 45.0 Å². The van der Waals surface area contributed by atoms with Crippen molar-refractivity contribution in [1.29, 1.82) is 0 Å². The van der Waals surface area contributed by atoms with Gasteiger partial charge in [-0.25, -0.2) is 4.99 Å². The van der Waals surface area contributed by atoms with Crippen LogP contribution in [-0.2, 0) is 0 Å². The molecule has 0 saturated heterocycles. The number of nitrogens with zero attached hydrogens (tertiary/aromatic N) is 1. The maximum atomic E-state index is 4.93. The summed E-state index contributed by atoms with van der Waals surface area (Å²) in [6.45, 7) is 6.33. The monoisotopic (exact) mass is 352 g/mol. The van der Waals surface area contributed by atoms with Crippen molar-refractivity contribution >= 4 is 17.2 Å². The Morgan fingerprint density at radius 1 is 0.778 bits per heavy atom. The van der Waals surface area contributed by atoms with Crippen molar-refractivity contribution in [1.82, 2.24) is 0 Å². The molecule has 0 radical (unpaired) electrons. The molecule has 1 N–H and O–H groups in total. The number of aliphatic imine (C=N–C) groups is 1. The van der Waals surface area contributed by atoms with E-state index in [1.54, 1.807) is 0 Å². The number of rotatable bonds is 3. The summed E-state index contributed by atoms with van der Waals surface area (Å²) in [6.07, 6.45) is 0. The average Bonchev–Trinajstić information content (AvgIpc) is 2.68. The van der Waals surface area contributed by atoms with Crippen LogP contribution in [0.4, 0.5) is 11.4 Å². The largest absolute Gasteiger partial charge is 0.340 e. The highest BCUT2D eigenvalue weighted by Crippen LogP contribution is 2.21. The fourth-order valence-corrected chi connectivity index (χ4v) is 2.47. The average molecular weight is 352 g/mol. The van der Waals surface area contributed by atoms with Crippen LogP contribution < -0.4 is 5.32 Å². The minimum Gasteiger partial charge on any atom is -0.340 e. The number of nitrogens with one attached hydrogen (secondary N) is 1. The number of para-hydroxylation sites is 2. The van der Waals surface area contributed by atoms with E-state index < -0.39 is 0 Å². The molecule has 0 saturated carbocycles. The van der Waals surface area contributed by atoms with Gasteiger partial charge in [-0.15, -0.1) is 0 Å². The molecule has 0 aliphatic rings. The highest BCUT2D eigenvalue weighted by Gasteiger charge is 2.07. The lowest BCUT2D eigenvalue weighted by molar-refractivity contribution is 0.571. The van der Waals surface area contributed by atoms with Crippen LogP contribution in [0.3, 0.4) is 0 Å². The molecule has 0 heterocycles. The molecule has 3 rings (SSSR count). The second-order valence-electron chi connectivity index (χ2n) is 7.33. The predicted octanol–water partition coefficient (Wildman–Crippen LogP) is 6.27. The van der Waals surface area contributed by atoms with E-state index in [0.29, 0.717) is 0 Å². The molecular weight excluding hydrogens is 328 g/mol. The predicted molar refractivity (Wildman–Crippen MR) is 115 cm³/mol. The molecule has 3 aromatic carbocycles. The van der Waals surface area contributed by atoms with E-state index in [0.717, 1.165) is 28.3 Å². The second-order valence-corrected chi connectivity index (χ2v) is 7.33. The van der Waals surface area contributed by atoms with Crippen LogP contribution in [0.25, 0.3) is 0 Å². The SMILES string of the molecule is CC(C)(C)C#Cc1ccccc1N=C(Nc1ccccc1)c1ccccc1. The highest BCUT2D eigenvalue weighted by molar-refractivity contribution is 6.09. The molecule has 0 fully saturated rings. The number of hydrogen-bond donors (Lipinski definition) is 1. The van der Waals surface area contributed by atoms with Crippen molar-refractivity contribution in [2.45, 2.75) is 20.8 Å². The normalized spacial score (nSPS) is 11.4. The Balaban J connectivity index is 2.05. The van der Waals surface area contributed by atoms with Gasteiger partial charge in [0.1, 0.15) is 5.84 Å². The first-order chi connectivity index (χ1) is 13.0. The van der Waals surface area contributed by atoms with Crippen molar-refractivity contribution < 1.29 is 0 Å². The van der Waals surface area contributed by atoms with Gasteiger partial charge in [0, 0.05) is 16.7 Å². The fourth-order valence-electron chi connectivity index (χ4n) is 2.47. The van der Waals surface area contributed by atoms with Gasteiger partial charge in [0.25, 0.3) is 0 Å². The molecule has 3 aromatic rings. The van der Waals surface area contributed by atoms with Gasteiger partial charge < -0.3 is 5.32 Å². The Morgan fingerprint density at radius 3 is 2.04 bits per heavy atom. The minimum atomic E-state index is -0.0542. The van der Waals surface area contributed by atoms with Crippen molar-refractivity contribution in [3.8, 4) is 11.8 Å². The minimum absolute atomic E-state index is 0.0542. The zero-order chi connectivity index (χ0) is 19.1. The number of anilines is 1. The Hall–Kier alpha value is -3.31. The van der Waals surface area contributed by atoms with Crippen LogP contribution >= 0.6 is 0 Å². The Bertz CT molecular complexity index is 969. The van der Waals surface area contributed by atoms with Crippen LogP contribution in [0, 0.1) is 17.3 Å². The van der Waals surface area contributed by atoms with Gasteiger partial charge in [0.2, 0.25) is 0 Å². The van der Waals surface area contributed by atoms with Crippen LogP contribution in [0.5, 0.6) is 0 Å². The summed E-state index contributed by atoms with van der Waals surface area (Å²) in [4.78, 5) is 4.93. The molecule has 0 aliphatic carbocycles. The molecular formula is C25H24N2. The smallest absolute Gasteiger partial charge is 0.138 e. The van der Waals surface area contributed by atoms with E-state index >= 15 is 0 Å². The Labute approximate surface area is 162 Å². The summed E-state index contributed by atoms with van der Waals surface area (Å²) in [6, 6.07) is 28.2. The molecule has 0 aromatic heterocycles. The van der Waals surface area contributed by atoms with Gasteiger partial charge in [-0.3, -0.25) is 0 Å². The first-order valence-electron chi connectivity index (χ1n) is 9.10. The zero-order valence-electron chi connectivity index (χ0n) is 16.0. The molecule has 0 amide bonds. The maximum Gasteiger partial charge on any atom is 0.138 e. The second kappa shape index (κ2) is 8.38. The summed E-state index contributed by atoms with van der Waals surface area (Å²) in [5.41, 5.74) is 3.76. The van der Waals surface area contributed by atoms with Crippen LogP contribution in [0.15, 0.2) is 89.9 Å². The van der Waals surface area contributed by atoms with Crippen LogP contribution in [-0.4, -0.2) is 5.84 Å². The van der Waals surface area contributed by atoms with Gasteiger partial charge in [-0.2, -0.15) is 0 Å². The van der Waals surface area contributed by atoms with E-state index in [1.807, 2.05) is 72.8 Å². The summed E-state index contributed by atoms with van der Waals surface area (Å²) in [5, 5.41) is 3.45. The summed E-state index contributed by atoms with van der Waals surface area (Å²) >= 11 is 0. The van der Waals surface area contributed by atoms with Gasteiger partial charge in [0.05, 0.1) is 11.3 Å². The summed E-state index contributed by atoms with van der Waals surface area (Å²) in [7, 11) is 0. The molecule has 0 unspecified atom stereocenters. The number of amidine groups is 1. The maximum absolute atomic E-state index is 4.93. The first-order valence-corrected chi connectivity index (χ1v) is 9.10. The molecule has 0 spiro atoms. The third kappa shape index (κ3) is 5.59. The van der Waals surface area contributed by atoms with Gasteiger partial charge in [-0.1, -0.05) is 72.5 Å². The van der Waals surface area contributed by atoms with E-state index in [-0.39, 0.29) is 5.41 Å². The standard InChI is InChI=1S/C25H24N2/c1-25(2,3)19-18-20-12-10-11-17-23(20)27-24(21-13-6-4-7-14-21)26-22-15-8-5-9-16-22/h4-17H,1-3H3,(H,26,27). The van der Waals surface area contributed by atoms with Crippen LogP contribution in [0.1, 0.15) is 31.9 Å². The highest BCUT2D eigenvalue weighted by atomic mass is 15.0. The lowest BCUT2D eigenvalue weighted by Gasteiger charge is -2.11. The first kappa shape index (κ1) is 18.5. The zero-order valence-corrected chi connectivity index (χ0v) is 16.0. The molecule has 2 nitrogen and oxygen atoms in total. The van der Waals surface area contributed by atoms with Crippen LogP contribution in [0.2, 0.25) is 0 Å². The molecule has 0 atom stereocenters. The van der Waals surface area contributed by atoms with Crippen molar-refractivity contribution in [2.24, 2.45) is 10.4 Å². The molecule has 0 bridgehead atoms. The fraction of sp³-hybridized carbons (Fsp3) is 0.160.